The van der Waals surface area contributed by atoms with Gasteiger partial charge in [-0.05, 0) is 30.2 Å². The van der Waals surface area contributed by atoms with Crippen LogP contribution in [0.2, 0.25) is 0 Å². The summed E-state index contributed by atoms with van der Waals surface area (Å²) < 4.78 is 5.13. The van der Waals surface area contributed by atoms with Crippen LogP contribution in [0.4, 0.5) is 0 Å². The Labute approximate surface area is 124 Å². The summed E-state index contributed by atoms with van der Waals surface area (Å²) in [6.45, 7) is 1.50. The summed E-state index contributed by atoms with van der Waals surface area (Å²) in [5, 5.41) is 0. The Bertz CT molecular complexity index is 625. The lowest BCUT2D eigenvalue weighted by molar-refractivity contribution is -0.116. The highest BCUT2D eigenvalue weighted by molar-refractivity contribution is 5.98. The van der Waals surface area contributed by atoms with Crippen LogP contribution in [0.15, 0.2) is 48.5 Å². The van der Waals surface area contributed by atoms with Crippen molar-refractivity contribution in [3.8, 4) is 16.9 Å². The Morgan fingerprint density at radius 3 is 1.86 bits per heavy atom. The van der Waals surface area contributed by atoms with E-state index in [2.05, 4.69) is 0 Å². The summed E-state index contributed by atoms with van der Waals surface area (Å²) in [6, 6.07) is 15.2. The maximum absolute atomic E-state index is 11.9. The predicted molar refractivity (Wildman–Crippen MR) is 82.7 cm³/mol. The highest BCUT2D eigenvalue weighted by Gasteiger charge is 2.07. The fourth-order valence-corrected chi connectivity index (χ4v) is 2.07. The van der Waals surface area contributed by atoms with E-state index in [1.54, 1.807) is 7.11 Å². The second kappa shape index (κ2) is 6.84. The quantitative estimate of drug-likeness (QED) is 0.754. The number of hydrogen-bond donors (Lipinski definition) is 0. The lowest BCUT2D eigenvalue weighted by Gasteiger charge is -2.05. The van der Waals surface area contributed by atoms with E-state index in [9.17, 15) is 9.59 Å². The number of rotatable bonds is 6. The van der Waals surface area contributed by atoms with Gasteiger partial charge in [-0.1, -0.05) is 36.4 Å². The monoisotopic (exact) mass is 282 g/mol. The number of hydrogen-bond acceptors (Lipinski definition) is 3. The van der Waals surface area contributed by atoms with Gasteiger partial charge < -0.3 is 9.53 Å². The number of methoxy groups -OCH3 is 1. The molecule has 0 fully saturated rings. The Kier molecular flexibility index (Phi) is 4.88. The number of benzene rings is 2. The topological polar surface area (TPSA) is 43.4 Å². The largest absolute Gasteiger partial charge is 0.497 e. The third kappa shape index (κ3) is 4.02. The van der Waals surface area contributed by atoms with Crippen LogP contribution >= 0.6 is 0 Å². The van der Waals surface area contributed by atoms with Gasteiger partial charge in [0.05, 0.1) is 7.11 Å². The molecule has 2 aromatic carbocycles. The van der Waals surface area contributed by atoms with Gasteiger partial charge in [0.1, 0.15) is 11.5 Å². The van der Waals surface area contributed by atoms with Crippen molar-refractivity contribution in [3.63, 3.8) is 0 Å². The average molecular weight is 282 g/mol. The Morgan fingerprint density at radius 2 is 1.38 bits per heavy atom. The molecular formula is C18H18O3. The molecule has 3 heteroatoms. The summed E-state index contributed by atoms with van der Waals surface area (Å²) in [5.74, 6) is 0.861. The first-order chi connectivity index (χ1) is 10.1. The zero-order chi connectivity index (χ0) is 15.2. The Morgan fingerprint density at radius 1 is 0.857 bits per heavy atom. The molecule has 0 bridgehead atoms. The van der Waals surface area contributed by atoms with Gasteiger partial charge in [0.25, 0.3) is 0 Å². The van der Waals surface area contributed by atoms with E-state index < -0.39 is 0 Å². The smallest absolute Gasteiger partial charge is 0.163 e. The fourth-order valence-electron chi connectivity index (χ4n) is 2.07. The number of ketones is 2. The van der Waals surface area contributed by atoms with E-state index in [0.29, 0.717) is 12.0 Å². The van der Waals surface area contributed by atoms with Crippen molar-refractivity contribution < 1.29 is 14.3 Å². The lowest BCUT2D eigenvalue weighted by atomic mass is 10.0. The Hall–Kier alpha value is -2.42. The van der Waals surface area contributed by atoms with Gasteiger partial charge in [0.15, 0.2) is 5.78 Å². The van der Waals surface area contributed by atoms with Crippen molar-refractivity contribution in [2.75, 3.05) is 7.11 Å². The zero-order valence-electron chi connectivity index (χ0n) is 12.3. The molecule has 0 spiro atoms. The van der Waals surface area contributed by atoms with Gasteiger partial charge in [-0.3, -0.25) is 4.79 Å². The standard InChI is InChI=1S/C18H18O3/c1-13(19)3-12-18(20)16-6-4-14(5-7-16)15-8-10-17(21-2)11-9-15/h4-11H,3,12H2,1-2H3. The third-order valence-electron chi connectivity index (χ3n) is 3.33. The van der Waals surface area contributed by atoms with Gasteiger partial charge in [-0.25, -0.2) is 0 Å². The molecular weight excluding hydrogens is 264 g/mol. The van der Waals surface area contributed by atoms with Gasteiger partial charge in [0, 0.05) is 18.4 Å². The van der Waals surface area contributed by atoms with Crippen molar-refractivity contribution in [2.24, 2.45) is 0 Å². The zero-order valence-corrected chi connectivity index (χ0v) is 12.3. The van der Waals surface area contributed by atoms with Crippen molar-refractivity contribution in [1.29, 1.82) is 0 Å². The maximum atomic E-state index is 11.9. The second-order valence-corrected chi connectivity index (χ2v) is 4.93. The van der Waals surface area contributed by atoms with Gasteiger partial charge in [-0.2, -0.15) is 0 Å². The van der Waals surface area contributed by atoms with Crippen LogP contribution in [0.3, 0.4) is 0 Å². The molecule has 0 saturated heterocycles. The van der Waals surface area contributed by atoms with E-state index in [1.807, 2.05) is 48.5 Å². The number of carbonyl (C=O) groups is 2. The second-order valence-electron chi connectivity index (χ2n) is 4.93. The first-order valence-electron chi connectivity index (χ1n) is 6.87. The minimum Gasteiger partial charge on any atom is -0.497 e. The normalized spacial score (nSPS) is 10.2. The molecule has 0 saturated carbocycles. The average Bonchev–Trinajstić information content (AvgIpc) is 2.53. The fraction of sp³-hybridized carbons (Fsp3) is 0.222. The first-order valence-corrected chi connectivity index (χ1v) is 6.87. The van der Waals surface area contributed by atoms with E-state index in [1.165, 1.54) is 6.92 Å². The highest BCUT2D eigenvalue weighted by Crippen LogP contribution is 2.23. The molecule has 0 amide bonds. The van der Waals surface area contributed by atoms with Crippen molar-refractivity contribution >= 4 is 11.6 Å². The van der Waals surface area contributed by atoms with Gasteiger partial charge >= 0.3 is 0 Å². The van der Waals surface area contributed by atoms with E-state index in [0.717, 1.165) is 16.9 Å². The molecule has 3 nitrogen and oxygen atoms in total. The summed E-state index contributed by atoms with van der Waals surface area (Å²) in [4.78, 5) is 22.8. The third-order valence-corrected chi connectivity index (χ3v) is 3.33. The molecule has 0 aliphatic carbocycles. The van der Waals surface area contributed by atoms with Crippen LogP contribution in [0.5, 0.6) is 5.75 Å². The number of carbonyl (C=O) groups excluding carboxylic acids is 2. The summed E-state index contributed by atoms with van der Waals surface area (Å²) >= 11 is 0. The molecule has 0 aromatic heterocycles. The SMILES string of the molecule is COc1ccc(-c2ccc(C(=O)CCC(C)=O)cc2)cc1. The van der Waals surface area contributed by atoms with Gasteiger partial charge in [0.2, 0.25) is 0 Å². The van der Waals surface area contributed by atoms with Crippen LogP contribution in [0.25, 0.3) is 11.1 Å². The van der Waals surface area contributed by atoms with E-state index in [4.69, 9.17) is 4.74 Å². The highest BCUT2D eigenvalue weighted by atomic mass is 16.5. The number of Topliss-reactive ketones (excluding diaryl/α,β-unsaturated/α-hetero) is 2. The molecule has 0 unspecified atom stereocenters. The maximum Gasteiger partial charge on any atom is 0.163 e. The molecule has 0 aliphatic rings. The molecule has 21 heavy (non-hydrogen) atoms. The van der Waals surface area contributed by atoms with E-state index in [-0.39, 0.29) is 18.0 Å². The van der Waals surface area contributed by atoms with Crippen LogP contribution in [-0.2, 0) is 4.79 Å². The Balaban J connectivity index is 2.10. The molecule has 0 N–H and O–H groups in total. The van der Waals surface area contributed by atoms with Crippen molar-refractivity contribution in [2.45, 2.75) is 19.8 Å². The van der Waals surface area contributed by atoms with Crippen LogP contribution in [0, 0.1) is 0 Å². The van der Waals surface area contributed by atoms with Crippen molar-refractivity contribution in [1.82, 2.24) is 0 Å². The number of ether oxygens (including phenoxy) is 1. The molecule has 108 valence electrons. The molecule has 2 rings (SSSR count). The molecule has 0 atom stereocenters. The lowest BCUT2D eigenvalue weighted by Crippen LogP contribution is -2.02. The molecule has 0 radical (unpaired) electrons. The predicted octanol–water partition coefficient (Wildman–Crippen LogP) is 3.91. The van der Waals surface area contributed by atoms with Crippen LogP contribution in [0.1, 0.15) is 30.1 Å². The summed E-state index contributed by atoms with van der Waals surface area (Å²) in [6.07, 6.45) is 0.580. The van der Waals surface area contributed by atoms with Gasteiger partial charge in [-0.15, -0.1) is 0 Å². The summed E-state index contributed by atoms with van der Waals surface area (Å²) in [5.41, 5.74) is 2.76. The first kappa shape index (κ1) is 15.0. The van der Waals surface area contributed by atoms with Crippen molar-refractivity contribution in [3.05, 3.63) is 54.1 Å². The summed E-state index contributed by atoms with van der Waals surface area (Å²) in [7, 11) is 1.64. The minimum absolute atomic E-state index is 0.00600. The van der Waals surface area contributed by atoms with E-state index >= 15 is 0 Å². The molecule has 2 aromatic rings. The van der Waals surface area contributed by atoms with Crippen LogP contribution in [-0.4, -0.2) is 18.7 Å². The minimum atomic E-state index is 0.00600. The molecule has 0 aliphatic heterocycles. The molecule has 0 heterocycles. The van der Waals surface area contributed by atoms with Crippen LogP contribution < -0.4 is 4.74 Å².